The molecule has 0 aliphatic rings. The Hall–Kier alpha value is -2.21. The van der Waals surface area contributed by atoms with Gasteiger partial charge in [0, 0.05) is 27.7 Å². The topological polar surface area (TPSA) is 46.4 Å². The van der Waals surface area contributed by atoms with Crippen LogP contribution in [0.25, 0.3) is 5.69 Å². The van der Waals surface area contributed by atoms with Crippen molar-refractivity contribution >= 4 is 47.1 Å². The van der Waals surface area contributed by atoms with Crippen LogP contribution in [0.5, 0.6) is 0 Å². The van der Waals surface area contributed by atoms with Gasteiger partial charge in [-0.15, -0.1) is 11.8 Å². The van der Waals surface area contributed by atoms with Crippen molar-refractivity contribution < 1.29 is 4.79 Å². The van der Waals surface area contributed by atoms with Crippen LogP contribution in [0.4, 0.5) is 0 Å². The molecule has 162 valence electrons. The summed E-state index contributed by atoms with van der Waals surface area (Å²) in [4.78, 5) is 12.1. The first-order chi connectivity index (χ1) is 14.7. The Kier molecular flexibility index (Phi) is 7.87. The number of nitrogens with one attached hydrogen (secondary N) is 1. The number of aromatic nitrogens is 1. The van der Waals surface area contributed by atoms with Gasteiger partial charge in [-0.25, -0.2) is 5.43 Å². The molecule has 0 saturated carbocycles. The maximum absolute atomic E-state index is 12.1. The third-order valence-corrected chi connectivity index (χ3v) is 6.35. The lowest BCUT2D eigenvalue weighted by Crippen LogP contribution is -2.19. The molecular weight excluding hydrogens is 449 g/mol. The van der Waals surface area contributed by atoms with Crippen molar-refractivity contribution in [1.29, 1.82) is 0 Å². The van der Waals surface area contributed by atoms with Crippen LogP contribution in [0.2, 0.25) is 10.0 Å². The standard InChI is InChI=1S/C24H25Cl2N3OS/c1-15-7-16(2)9-19(8-15)13-31-14-24(30)28-27-12-20-10-17(3)29(18(20)4)23-11-21(25)5-6-22(23)26/h5-12H,13-14H2,1-4H3,(H,28,30)/b27-12-. The van der Waals surface area contributed by atoms with Gasteiger partial charge in [0.25, 0.3) is 0 Å². The molecule has 4 nitrogen and oxygen atoms in total. The first kappa shape index (κ1) is 23.5. The molecule has 0 unspecified atom stereocenters. The number of halogens is 2. The number of carbonyl (C=O) groups is 1. The highest BCUT2D eigenvalue weighted by molar-refractivity contribution is 7.99. The van der Waals surface area contributed by atoms with E-state index in [0.29, 0.717) is 15.8 Å². The number of hydrogen-bond acceptors (Lipinski definition) is 3. The van der Waals surface area contributed by atoms with Gasteiger partial charge in [-0.3, -0.25) is 4.79 Å². The van der Waals surface area contributed by atoms with E-state index in [2.05, 4.69) is 42.6 Å². The molecule has 3 aromatic rings. The summed E-state index contributed by atoms with van der Waals surface area (Å²) in [6, 6.07) is 13.8. The normalized spacial score (nSPS) is 11.3. The summed E-state index contributed by atoms with van der Waals surface area (Å²) in [6.07, 6.45) is 1.66. The van der Waals surface area contributed by atoms with E-state index in [4.69, 9.17) is 23.2 Å². The third kappa shape index (κ3) is 6.16. The smallest absolute Gasteiger partial charge is 0.250 e. The Morgan fingerprint density at radius 3 is 2.48 bits per heavy atom. The first-order valence-corrected chi connectivity index (χ1v) is 11.8. The van der Waals surface area contributed by atoms with Crippen LogP contribution in [0.3, 0.4) is 0 Å². The van der Waals surface area contributed by atoms with Crippen LogP contribution >= 0.6 is 35.0 Å². The molecule has 1 amide bonds. The highest BCUT2D eigenvalue weighted by Gasteiger charge is 2.13. The highest BCUT2D eigenvalue weighted by atomic mass is 35.5. The van der Waals surface area contributed by atoms with Crippen LogP contribution in [-0.2, 0) is 10.5 Å². The Bertz CT molecular complexity index is 1120. The van der Waals surface area contributed by atoms with Crippen LogP contribution < -0.4 is 5.43 Å². The largest absolute Gasteiger partial charge is 0.316 e. The average Bonchev–Trinajstić information content (AvgIpc) is 2.96. The van der Waals surface area contributed by atoms with Crippen molar-refractivity contribution in [3.05, 3.63) is 86.2 Å². The fourth-order valence-corrected chi connectivity index (χ4v) is 4.69. The molecule has 7 heteroatoms. The summed E-state index contributed by atoms with van der Waals surface area (Å²) in [5, 5.41) is 5.37. The molecule has 2 aromatic carbocycles. The molecule has 3 rings (SSSR count). The molecule has 0 bridgehead atoms. The number of aryl methyl sites for hydroxylation is 3. The van der Waals surface area contributed by atoms with Crippen molar-refractivity contribution in [2.45, 2.75) is 33.4 Å². The molecular formula is C24H25Cl2N3OS. The molecule has 0 radical (unpaired) electrons. The second-order valence-corrected chi connectivity index (χ2v) is 9.37. The van der Waals surface area contributed by atoms with E-state index in [1.807, 2.05) is 30.5 Å². The Morgan fingerprint density at radius 1 is 1.06 bits per heavy atom. The summed E-state index contributed by atoms with van der Waals surface area (Å²) < 4.78 is 2.02. The number of hydrogen-bond donors (Lipinski definition) is 1. The van der Waals surface area contributed by atoms with E-state index < -0.39 is 0 Å². The van der Waals surface area contributed by atoms with Gasteiger partial charge in [-0.1, -0.05) is 52.5 Å². The number of benzene rings is 2. The number of hydrazone groups is 1. The van der Waals surface area contributed by atoms with E-state index in [9.17, 15) is 4.79 Å². The fourth-order valence-electron chi connectivity index (χ4n) is 3.57. The van der Waals surface area contributed by atoms with Gasteiger partial charge in [0.2, 0.25) is 5.91 Å². The molecule has 1 N–H and O–H groups in total. The molecule has 0 fully saturated rings. The molecule has 31 heavy (non-hydrogen) atoms. The van der Waals surface area contributed by atoms with Gasteiger partial charge in [-0.2, -0.15) is 5.10 Å². The molecule has 1 heterocycles. The van der Waals surface area contributed by atoms with Crippen LogP contribution in [0.15, 0.2) is 47.6 Å². The maximum atomic E-state index is 12.1. The zero-order chi connectivity index (χ0) is 22.5. The van der Waals surface area contributed by atoms with Crippen LogP contribution in [0, 0.1) is 27.7 Å². The van der Waals surface area contributed by atoms with Gasteiger partial charge < -0.3 is 4.57 Å². The van der Waals surface area contributed by atoms with E-state index in [-0.39, 0.29) is 5.91 Å². The average molecular weight is 474 g/mol. The molecule has 0 aliphatic heterocycles. The lowest BCUT2D eigenvalue weighted by atomic mass is 10.1. The minimum absolute atomic E-state index is 0.127. The van der Waals surface area contributed by atoms with Gasteiger partial charge in [-0.05, 0) is 57.5 Å². The van der Waals surface area contributed by atoms with E-state index in [1.54, 1.807) is 30.1 Å². The number of nitrogens with zero attached hydrogens (tertiary/aromatic N) is 2. The molecule has 0 spiro atoms. The number of carbonyl (C=O) groups excluding carboxylic acids is 1. The first-order valence-electron chi connectivity index (χ1n) is 9.86. The van der Waals surface area contributed by atoms with Crippen LogP contribution in [0.1, 0.15) is 33.6 Å². The van der Waals surface area contributed by atoms with Crippen molar-refractivity contribution in [2.75, 3.05) is 5.75 Å². The molecule has 1 aromatic heterocycles. The van der Waals surface area contributed by atoms with Gasteiger partial charge in [0.05, 0.1) is 22.7 Å². The van der Waals surface area contributed by atoms with E-state index >= 15 is 0 Å². The predicted molar refractivity (Wildman–Crippen MR) is 133 cm³/mol. The minimum atomic E-state index is -0.127. The summed E-state index contributed by atoms with van der Waals surface area (Å²) >= 11 is 14.1. The number of rotatable bonds is 7. The van der Waals surface area contributed by atoms with Gasteiger partial charge >= 0.3 is 0 Å². The summed E-state index contributed by atoms with van der Waals surface area (Å²) in [6.45, 7) is 8.14. The monoisotopic (exact) mass is 473 g/mol. The Morgan fingerprint density at radius 2 is 1.77 bits per heavy atom. The molecule has 0 aliphatic carbocycles. The van der Waals surface area contributed by atoms with Crippen molar-refractivity contribution in [3.8, 4) is 5.69 Å². The second kappa shape index (κ2) is 10.4. The summed E-state index contributed by atoms with van der Waals surface area (Å²) in [5.41, 5.74) is 9.99. The Balaban J connectivity index is 1.59. The maximum Gasteiger partial charge on any atom is 0.250 e. The van der Waals surface area contributed by atoms with Crippen molar-refractivity contribution in [2.24, 2.45) is 5.10 Å². The van der Waals surface area contributed by atoms with Gasteiger partial charge in [0.15, 0.2) is 0 Å². The van der Waals surface area contributed by atoms with Crippen molar-refractivity contribution in [3.63, 3.8) is 0 Å². The van der Waals surface area contributed by atoms with Gasteiger partial charge in [0.1, 0.15) is 0 Å². The molecule has 0 saturated heterocycles. The van der Waals surface area contributed by atoms with Crippen LogP contribution in [-0.4, -0.2) is 22.4 Å². The highest BCUT2D eigenvalue weighted by Crippen LogP contribution is 2.28. The SMILES string of the molecule is Cc1cc(C)cc(CSCC(=O)N/N=C\c2cc(C)n(-c3cc(Cl)ccc3Cl)c2C)c1. The Labute approximate surface area is 197 Å². The zero-order valence-electron chi connectivity index (χ0n) is 18.0. The number of amides is 1. The lowest BCUT2D eigenvalue weighted by Gasteiger charge is -2.12. The quantitative estimate of drug-likeness (QED) is 0.318. The lowest BCUT2D eigenvalue weighted by molar-refractivity contribution is -0.118. The third-order valence-electron chi connectivity index (χ3n) is 4.80. The van der Waals surface area contributed by atoms with Crippen molar-refractivity contribution in [1.82, 2.24) is 9.99 Å². The second-order valence-electron chi connectivity index (χ2n) is 7.54. The fraction of sp³-hybridized carbons (Fsp3) is 0.250. The minimum Gasteiger partial charge on any atom is -0.316 e. The predicted octanol–water partition coefficient (Wildman–Crippen LogP) is 6.40. The van der Waals surface area contributed by atoms with E-state index in [1.165, 1.54) is 16.7 Å². The summed E-state index contributed by atoms with van der Waals surface area (Å²) in [5.74, 6) is 1.01. The summed E-state index contributed by atoms with van der Waals surface area (Å²) in [7, 11) is 0. The molecule has 0 atom stereocenters. The van der Waals surface area contributed by atoms with E-state index in [0.717, 1.165) is 28.4 Å². The zero-order valence-corrected chi connectivity index (χ0v) is 20.3. The number of thioether (sulfide) groups is 1.